The lowest BCUT2D eigenvalue weighted by molar-refractivity contribution is 0.0918. The quantitative estimate of drug-likeness (QED) is 0.794. The average Bonchev–Trinajstić information content (AvgIpc) is 2.90. The van der Waals surface area contributed by atoms with Crippen LogP contribution in [0.1, 0.15) is 51.9 Å². The summed E-state index contributed by atoms with van der Waals surface area (Å²) in [6, 6.07) is 0.602. The summed E-state index contributed by atoms with van der Waals surface area (Å²) in [5, 5.41) is 4.48. The Hall–Kier alpha value is -0.350. The second-order valence-electron chi connectivity index (χ2n) is 5.46. The van der Waals surface area contributed by atoms with Gasteiger partial charge in [0.1, 0.15) is 0 Å². The molecule has 0 spiro atoms. The first-order valence-corrected chi connectivity index (χ1v) is 7.87. The summed E-state index contributed by atoms with van der Waals surface area (Å²) in [7, 11) is 0. The van der Waals surface area contributed by atoms with Crippen LogP contribution in [-0.4, -0.2) is 41.9 Å². The lowest BCUT2D eigenvalue weighted by atomic mass is 9.96. The summed E-state index contributed by atoms with van der Waals surface area (Å²) in [6.45, 7) is 5.02. The van der Waals surface area contributed by atoms with Crippen molar-refractivity contribution in [3.8, 4) is 0 Å². The molecule has 0 bridgehead atoms. The highest BCUT2D eigenvalue weighted by molar-refractivity contribution is 7.80. The molecule has 1 aliphatic heterocycles. The molecular formula is C14H26N2OS. The lowest BCUT2D eigenvalue weighted by Gasteiger charge is -2.31. The van der Waals surface area contributed by atoms with Gasteiger partial charge < -0.3 is 15.0 Å². The molecule has 2 fully saturated rings. The third-order valence-corrected chi connectivity index (χ3v) is 4.43. The standard InChI is InChI=1S/C14H26N2OS/c1-2-16(11-13-9-6-10-17-13)14(18)15-12-7-4-3-5-8-12/h12-13H,2-11H2,1H3,(H,15,18). The smallest absolute Gasteiger partial charge is 0.169 e. The average molecular weight is 270 g/mol. The van der Waals surface area contributed by atoms with Gasteiger partial charge in [0.15, 0.2) is 5.11 Å². The van der Waals surface area contributed by atoms with Crippen LogP contribution in [0.4, 0.5) is 0 Å². The van der Waals surface area contributed by atoms with E-state index in [9.17, 15) is 0 Å². The van der Waals surface area contributed by atoms with Crippen molar-refractivity contribution in [1.82, 2.24) is 10.2 Å². The zero-order chi connectivity index (χ0) is 12.8. The Kier molecular flexibility index (Phi) is 5.70. The predicted octanol–water partition coefficient (Wildman–Crippen LogP) is 2.69. The van der Waals surface area contributed by atoms with Gasteiger partial charge in [0, 0.05) is 25.7 Å². The number of likely N-dealkylation sites (N-methyl/N-ethyl adjacent to an activating group) is 1. The number of hydrogen-bond donors (Lipinski definition) is 1. The van der Waals surface area contributed by atoms with Gasteiger partial charge in [-0.15, -0.1) is 0 Å². The van der Waals surface area contributed by atoms with E-state index in [0.29, 0.717) is 12.1 Å². The van der Waals surface area contributed by atoms with Crippen LogP contribution >= 0.6 is 12.2 Å². The monoisotopic (exact) mass is 270 g/mol. The first-order valence-electron chi connectivity index (χ1n) is 7.46. The van der Waals surface area contributed by atoms with Crippen molar-refractivity contribution < 1.29 is 4.74 Å². The highest BCUT2D eigenvalue weighted by Gasteiger charge is 2.21. The third-order valence-electron chi connectivity index (χ3n) is 4.05. The molecule has 1 N–H and O–H groups in total. The van der Waals surface area contributed by atoms with E-state index in [-0.39, 0.29) is 0 Å². The van der Waals surface area contributed by atoms with Crippen LogP contribution in [0.2, 0.25) is 0 Å². The third kappa shape index (κ3) is 4.09. The van der Waals surface area contributed by atoms with Crippen molar-refractivity contribution in [2.75, 3.05) is 19.7 Å². The minimum atomic E-state index is 0.385. The molecule has 0 aromatic heterocycles. The van der Waals surface area contributed by atoms with Gasteiger partial charge in [0.25, 0.3) is 0 Å². The zero-order valence-corrected chi connectivity index (χ0v) is 12.3. The summed E-state index contributed by atoms with van der Waals surface area (Å²) in [4.78, 5) is 2.26. The molecule has 1 unspecified atom stereocenters. The fourth-order valence-corrected chi connectivity index (χ4v) is 3.27. The molecule has 1 atom stereocenters. The van der Waals surface area contributed by atoms with Crippen LogP contribution in [0.3, 0.4) is 0 Å². The summed E-state index contributed by atoms with van der Waals surface area (Å²) in [5.41, 5.74) is 0. The summed E-state index contributed by atoms with van der Waals surface area (Å²) < 4.78 is 5.70. The summed E-state index contributed by atoms with van der Waals surface area (Å²) in [6.07, 6.45) is 9.40. The van der Waals surface area contributed by atoms with E-state index >= 15 is 0 Å². The van der Waals surface area contributed by atoms with Crippen LogP contribution in [0.15, 0.2) is 0 Å². The number of nitrogens with zero attached hydrogens (tertiary/aromatic N) is 1. The Morgan fingerprint density at radius 1 is 1.22 bits per heavy atom. The fourth-order valence-electron chi connectivity index (χ4n) is 2.90. The second-order valence-corrected chi connectivity index (χ2v) is 5.84. The normalized spacial score (nSPS) is 25.1. The van der Waals surface area contributed by atoms with E-state index in [0.717, 1.165) is 24.8 Å². The van der Waals surface area contributed by atoms with Gasteiger partial charge in [-0.2, -0.15) is 0 Å². The number of nitrogens with one attached hydrogen (secondary N) is 1. The molecule has 4 heteroatoms. The van der Waals surface area contributed by atoms with E-state index in [1.165, 1.54) is 44.9 Å². The summed E-state index contributed by atoms with van der Waals surface area (Å²) in [5.74, 6) is 0. The molecule has 1 saturated carbocycles. The van der Waals surface area contributed by atoms with E-state index in [2.05, 4.69) is 17.1 Å². The van der Waals surface area contributed by atoms with E-state index < -0.39 is 0 Å². The number of ether oxygens (including phenoxy) is 1. The molecule has 0 radical (unpaired) electrons. The van der Waals surface area contributed by atoms with Crippen LogP contribution < -0.4 is 5.32 Å². The minimum Gasteiger partial charge on any atom is -0.376 e. The van der Waals surface area contributed by atoms with Gasteiger partial charge in [-0.1, -0.05) is 19.3 Å². The van der Waals surface area contributed by atoms with Crippen molar-refractivity contribution in [2.24, 2.45) is 0 Å². The molecule has 2 rings (SSSR count). The van der Waals surface area contributed by atoms with E-state index in [4.69, 9.17) is 17.0 Å². The van der Waals surface area contributed by atoms with Crippen molar-refractivity contribution in [1.29, 1.82) is 0 Å². The molecule has 18 heavy (non-hydrogen) atoms. The maximum atomic E-state index is 5.70. The molecule has 104 valence electrons. The fraction of sp³-hybridized carbons (Fsp3) is 0.929. The van der Waals surface area contributed by atoms with Crippen LogP contribution in [0, 0.1) is 0 Å². The molecule has 1 saturated heterocycles. The Morgan fingerprint density at radius 2 is 2.00 bits per heavy atom. The topological polar surface area (TPSA) is 24.5 Å². The van der Waals surface area contributed by atoms with Crippen molar-refractivity contribution in [3.63, 3.8) is 0 Å². The largest absolute Gasteiger partial charge is 0.376 e. The first kappa shape index (κ1) is 14.1. The Bertz CT molecular complexity index is 261. The maximum Gasteiger partial charge on any atom is 0.169 e. The highest BCUT2D eigenvalue weighted by atomic mass is 32.1. The van der Waals surface area contributed by atoms with Gasteiger partial charge in [-0.05, 0) is 44.8 Å². The number of rotatable bonds is 4. The molecule has 1 heterocycles. The Morgan fingerprint density at radius 3 is 2.61 bits per heavy atom. The van der Waals surface area contributed by atoms with Gasteiger partial charge in [-0.25, -0.2) is 0 Å². The maximum absolute atomic E-state index is 5.70. The number of hydrogen-bond acceptors (Lipinski definition) is 2. The van der Waals surface area contributed by atoms with Crippen LogP contribution in [0.25, 0.3) is 0 Å². The molecule has 0 amide bonds. The van der Waals surface area contributed by atoms with Crippen LogP contribution in [-0.2, 0) is 4.74 Å². The lowest BCUT2D eigenvalue weighted by Crippen LogP contribution is -2.47. The highest BCUT2D eigenvalue weighted by Crippen LogP contribution is 2.18. The van der Waals surface area contributed by atoms with E-state index in [1.54, 1.807) is 0 Å². The summed E-state index contributed by atoms with van der Waals surface area (Å²) >= 11 is 5.55. The molecule has 2 aliphatic rings. The molecule has 0 aromatic rings. The van der Waals surface area contributed by atoms with Gasteiger partial charge in [0.05, 0.1) is 6.10 Å². The van der Waals surface area contributed by atoms with Gasteiger partial charge in [-0.3, -0.25) is 0 Å². The molecule has 3 nitrogen and oxygen atoms in total. The van der Waals surface area contributed by atoms with Crippen molar-refractivity contribution in [2.45, 2.75) is 64.0 Å². The Labute approximate surface area is 116 Å². The van der Waals surface area contributed by atoms with Gasteiger partial charge >= 0.3 is 0 Å². The molecule has 1 aliphatic carbocycles. The Balaban J connectivity index is 1.76. The zero-order valence-electron chi connectivity index (χ0n) is 11.5. The van der Waals surface area contributed by atoms with Gasteiger partial charge in [0.2, 0.25) is 0 Å². The van der Waals surface area contributed by atoms with E-state index in [1.807, 2.05) is 0 Å². The predicted molar refractivity (Wildman–Crippen MR) is 78.8 cm³/mol. The number of thiocarbonyl (C=S) groups is 1. The first-order chi connectivity index (χ1) is 8.79. The SMILES string of the molecule is CCN(CC1CCCO1)C(=S)NC1CCCCC1. The second kappa shape index (κ2) is 7.29. The molecule has 0 aromatic carbocycles. The molecular weight excluding hydrogens is 244 g/mol. The van der Waals surface area contributed by atoms with Crippen molar-refractivity contribution in [3.05, 3.63) is 0 Å². The minimum absolute atomic E-state index is 0.385. The van der Waals surface area contributed by atoms with Crippen molar-refractivity contribution >= 4 is 17.3 Å². The van der Waals surface area contributed by atoms with Crippen LogP contribution in [0.5, 0.6) is 0 Å².